The summed E-state index contributed by atoms with van der Waals surface area (Å²) in [5, 5.41) is 19.1. The molecule has 0 aliphatic heterocycles. The number of aliphatic hydroxyl groups is 1. The second kappa shape index (κ2) is 7.75. The van der Waals surface area contributed by atoms with E-state index in [2.05, 4.69) is 6.92 Å². The van der Waals surface area contributed by atoms with Crippen molar-refractivity contribution < 1.29 is 15.0 Å². The highest BCUT2D eigenvalue weighted by atomic mass is 16.4. The molecule has 0 bridgehead atoms. The summed E-state index contributed by atoms with van der Waals surface area (Å²) in [6, 6.07) is 0. The summed E-state index contributed by atoms with van der Waals surface area (Å²) in [4.78, 5) is 11.2. The van der Waals surface area contributed by atoms with Crippen LogP contribution in [0.3, 0.4) is 0 Å². The summed E-state index contributed by atoms with van der Waals surface area (Å²) < 4.78 is 0. The Balaban J connectivity index is 2.50. The van der Waals surface area contributed by atoms with Gasteiger partial charge in [-0.2, -0.15) is 0 Å². The lowest BCUT2D eigenvalue weighted by molar-refractivity contribution is -0.141. The van der Waals surface area contributed by atoms with Crippen molar-refractivity contribution in [2.45, 2.75) is 45.4 Å². The van der Waals surface area contributed by atoms with Gasteiger partial charge >= 0.3 is 5.97 Å². The molecule has 0 amide bonds. The molecule has 0 heterocycles. The Morgan fingerprint density at radius 2 is 1.72 bits per heavy atom. The first-order valence-electron chi connectivity index (χ1n) is 6.67. The first kappa shape index (κ1) is 14.6. The molecular formula is C15H22O3. The minimum atomic E-state index is -0.941. The molecule has 18 heavy (non-hydrogen) atoms. The third-order valence-corrected chi connectivity index (χ3v) is 3.18. The fraction of sp³-hybridized carbons (Fsp3) is 0.533. The molecule has 1 atom stereocenters. The number of hydrogen-bond acceptors (Lipinski definition) is 2. The molecule has 3 nitrogen and oxygen atoms in total. The van der Waals surface area contributed by atoms with Crippen molar-refractivity contribution in [3.8, 4) is 0 Å². The Labute approximate surface area is 109 Å². The molecule has 1 unspecified atom stereocenters. The largest absolute Gasteiger partial charge is 0.511 e. The summed E-state index contributed by atoms with van der Waals surface area (Å²) in [6.45, 7) is 2.15. The highest BCUT2D eigenvalue weighted by Crippen LogP contribution is 2.23. The topological polar surface area (TPSA) is 57.5 Å². The zero-order chi connectivity index (χ0) is 13.4. The highest BCUT2D eigenvalue weighted by Gasteiger charge is 2.23. The normalized spacial score (nSPS) is 15.1. The second-order valence-corrected chi connectivity index (χ2v) is 4.65. The van der Waals surface area contributed by atoms with Gasteiger partial charge in [0.25, 0.3) is 0 Å². The van der Waals surface area contributed by atoms with Crippen LogP contribution in [-0.2, 0) is 4.79 Å². The van der Waals surface area contributed by atoms with Gasteiger partial charge in [-0.3, -0.25) is 4.79 Å². The molecule has 0 fully saturated rings. The minimum absolute atomic E-state index is 0.0111. The van der Waals surface area contributed by atoms with E-state index in [1.54, 1.807) is 24.3 Å². The Hall–Kier alpha value is -1.51. The average Bonchev–Trinajstić information content (AvgIpc) is 2.86. The molecule has 0 saturated heterocycles. The van der Waals surface area contributed by atoms with E-state index in [4.69, 9.17) is 5.11 Å². The van der Waals surface area contributed by atoms with Crippen molar-refractivity contribution in [3.63, 3.8) is 0 Å². The van der Waals surface area contributed by atoms with Gasteiger partial charge in [0.1, 0.15) is 11.7 Å². The summed E-state index contributed by atoms with van der Waals surface area (Å²) in [6.07, 6.45) is 13.0. The van der Waals surface area contributed by atoms with E-state index in [9.17, 15) is 9.90 Å². The van der Waals surface area contributed by atoms with Crippen LogP contribution in [0.5, 0.6) is 0 Å². The van der Waals surface area contributed by atoms with E-state index in [1.165, 1.54) is 12.8 Å². The van der Waals surface area contributed by atoms with Gasteiger partial charge in [-0.25, -0.2) is 0 Å². The van der Waals surface area contributed by atoms with Gasteiger partial charge in [0, 0.05) is 5.57 Å². The zero-order valence-electron chi connectivity index (χ0n) is 10.9. The number of carboxylic acids is 1. The summed E-state index contributed by atoms with van der Waals surface area (Å²) in [5.74, 6) is -1.72. The van der Waals surface area contributed by atoms with E-state index in [0.717, 1.165) is 19.3 Å². The van der Waals surface area contributed by atoms with Crippen LogP contribution in [0.15, 0.2) is 35.6 Å². The molecule has 0 aromatic carbocycles. The van der Waals surface area contributed by atoms with E-state index >= 15 is 0 Å². The van der Waals surface area contributed by atoms with Crippen LogP contribution in [-0.4, -0.2) is 16.2 Å². The van der Waals surface area contributed by atoms with Crippen LogP contribution in [0.1, 0.15) is 45.4 Å². The van der Waals surface area contributed by atoms with Crippen LogP contribution in [0.4, 0.5) is 0 Å². The number of aliphatic carboxylic acids is 1. The number of carboxylic acid groups (broad SMARTS) is 1. The van der Waals surface area contributed by atoms with Gasteiger partial charge in [0.2, 0.25) is 0 Å². The van der Waals surface area contributed by atoms with Crippen molar-refractivity contribution in [1.82, 2.24) is 0 Å². The smallest absolute Gasteiger partial charge is 0.314 e. The minimum Gasteiger partial charge on any atom is -0.511 e. The van der Waals surface area contributed by atoms with Gasteiger partial charge in [0.05, 0.1) is 0 Å². The molecule has 1 rings (SSSR count). The maximum absolute atomic E-state index is 11.2. The predicted octanol–water partition coefficient (Wildman–Crippen LogP) is 3.99. The van der Waals surface area contributed by atoms with Crippen LogP contribution in [0.2, 0.25) is 0 Å². The monoisotopic (exact) mass is 250 g/mol. The number of unbranched alkanes of at least 4 members (excludes halogenated alkanes) is 4. The fourth-order valence-corrected chi connectivity index (χ4v) is 2.08. The predicted molar refractivity (Wildman–Crippen MR) is 72.4 cm³/mol. The van der Waals surface area contributed by atoms with Crippen LogP contribution < -0.4 is 0 Å². The molecular weight excluding hydrogens is 228 g/mol. The Bertz CT molecular complexity index is 350. The molecule has 1 aliphatic rings. The molecule has 100 valence electrons. The summed E-state index contributed by atoms with van der Waals surface area (Å²) in [5.41, 5.74) is 0.621. The van der Waals surface area contributed by atoms with Crippen LogP contribution in [0, 0.1) is 5.92 Å². The van der Waals surface area contributed by atoms with Gasteiger partial charge in [-0.05, 0) is 6.42 Å². The third-order valence-electron chi connectivity index (χ3n) is 3.18. The van der Waals surface area contributed by atoms with Crippen molar-refractivity contribution in [2.75, 3.05) is 0 Å². The summed E-state index contributed by atoms with van der Waals surface area (Å²) in [7, 11) is 0. The summed E-state index contributed by atoms with van der Waals surface area (Å²) >= 11 is 0. The first-order valence-corrected chi connectivity index (χ1v) is 6.67. The number of hydrogen-bond donors (Lipinski definition) is 2. The lowest BCUT2D eigenvalue weighted by Gasteiger charge is -2.13. The standard InChI is InChI=1S/C15H22O3/c1-2-3-4-5-6-11-13(15(17)18)14(16)12-9-7-8-10-12/h7-10,13,16H,2-6,11H2,1H3,(H,17,18). The lowest BCUT2D eigenvalue weighted by atomic mass is 9.96. The van der Waals surface area contributed by atoms with Crippen molar-refractivity contribution in [1.29, 1.82) is 0 Å². The molecule has 0 aromatic rings. The Kier molecular flexibility index (Phi) is 6.26. The molecule has 0 saturated carbocycles. The molecule has 1 aliphatic carbocycles. The Morgan fingerprint density at radius 3 is 2.28 bits per heavy atom. The van der Waals surface area contributed by atoms with Gasteiger partial charge in [-0.1, -0.05) is 63.3 Å². The second-order valence-electron chi connectivity index (χ2n) is 4.65. The average molecular weight is 250 g/mol. The maximum atomic E-state index is 11.2. The number of aliphatic hydroxyl groups excluding tert-OH is 1. The Morgan fingerprint density at radius 1 is 1.11 bits per heavy atom. The molecule has 3 heteroatoms. The molecule has 0 radical (unpaired) electrons. The SMILES string of the molecule is CCCCCCCC(C(=O)O)C(O)=C1C=CC=C1. The third kappa shape index (κ3) is 4.40. The van der Waals surface area contributed by atoms with E-state index in [0.29, 0.717) is 12.0 Å². The zero-order valence-corrected chi connectivity index (χ0v) is 10.9. The maximum Gasteiger partial charge on any atom is 0.314 e. The first-order chi connectivity index (χ1) is 8.66. The molecule has 0 aromatic heterocycles. The number of rotatable bonds is 8. The molecule has 2 N–H and O–H groups in total. The van der Waals surface area contributed by atoms with Gasteiger partial charge in [0.15, 0.2) is 0 Å². The van der Waals surface area contributed by atoms with Crippen molar-refractivity contribution in [2.24, 2.45) is 5.92 Å². The van der Waals surface area contributed by atoms with Crippen LogP contribution >= 0.6 is 0 Å². The number of allylic oxidation sites excluding steroid dienone is 5. The van der Waals surface area contributed by atoms with Crippen molar-refractivity contribution in [3.05, 3.63) is 35.6 Å². The highest BCUT2D eigenvalue weighted by molar-refractivity contribution is 5.73. The van der Waals surface area contributed by atoms with E-state index in [1.807, 2.05) is 0 Å². The quantitative estimate of drug-likeness (QED) is 0.506. The van der Waals surface area contributed by atoms with Gasteiger partial charge in [-0.15, -0.1) is 0 Å². The van der Waals surface area contributed by atoms with Crippen LogP contribution in [0.25, 0.3) is 0 Å². The fourth-order valence-electron chi connectivity index (χ4n) is 2.08. The lowest BCUT2D eigenvalue weighted by Crippen LogP contribution is -2.17. The number of carbonyl (C=O) groups is 1. The van der Waals surface area contributed by atoms with E-state index < -0.39 is 11.9 Å². The molecule has 0 spiro atoms. The van der Waals surface area contributed by atoms with E-state index in [-0.39, 0.29) is 5.76 Å². The van der Waals surface area contributed by atoms with Gasteiger partial charge < -0.3 is 10.2 Å². The van der Waals surface area contributed by atoms with Crippen molar-refractivity contribution >= 4 is 5.97 Å².